The summed E-state index contributed by atoms with van der Waals surface area (Å²) in [6, 6.07) is 12.2. The van der Waals surface area contributed by atoms with Crippen molar-refractivity contribution in [2.24, 2.45) is 0 Å². The van der Waals surface area contributed by atoms with Gasteiger partial charge in [-0.1, -0.05) is 6.07 Å². The first-order valence-electron chi connectivity index (χ1n) is 9.12. The molecule has 0 aliphatic carbocycles. The maximum atomic E-state index is 12.7. The fourth-order valence-electron chi connectivity index (χ4n) is 3.04. The van der Waals surface area contributed by atoms with Crippen LogP contribution >= 0.6 is 0 Å². The van der Waals surface area contributed by atoms with Crippen molar-refractivity contribution in [3.8, 4) is 5.75 Å². The van der Waals surface area contributed by atoms with E-state index >= 15 is 0 Å². The van der Waals surface area contributed by atoms with Gasteiger partial charge in [0.1, 0.15) is 11.5 Å². The number of aromatic nitrogens is 1. The number of nitrogens with zero attached hydrogens (tertiary/aromatic N) is 1. The lowest BCUT2D eigenvalue weighted by Crippen LogP contribution is -2.13. The molecular formula is C22H23NO5. The molecular weight excluding hydrogens is 358 g/mol. The van der Waals surface area contributed by atoms with Crippen LogP contribution in [0.25, 0.3) is 0 Å². The van der Waals surface area contributed by atoms with Crippen molar-refractivity contribution in [1.29, 1.82) is 0 Å². The fraction of sp³-hybridized carbons (Fsp3) is 0.273. The Balaban J connectivity index is 1.69. The van der Waals surface area contributed by atoms with E-state index < -0.39 is 5.97 Å². The molecule has 146 valence electrons. The first kappa shape index (κ1) is 19.5. The predicted octanol–water partition coefficient (Wildman–Crippen LogP) is 4.18. The Morgan fingerprint density at radius 2 is 1.93 bits per heavy atom. The second-order valence-corrected chi connectivity index (χ2v) is 6.41. The summed E-state index contributed by atoms with van der Waals surface area (Å²) in [4.78, 5) is 24.5. The topological polar surface area (TPSA) is 70.7 Å². The molecule has 2 aromatic heterocycles. The van der Waals surface area contributed by atoms with Crippen LogP contribution in [0.15, 0.2) is 53.1 Å². The molecule has 0 fully saturated rings. The minimum absolute atomic E-state index is 0.114. The van der Waals surface area contributed by atoms with Crippen LogP contribution in [0.2, 0.25) is 0 Å². The molecule has 0 radical (unpaired) electrons. The van der Waals surface area contributed by atoms with Crippen molar-refractivity contribution in [1.82, 2.24) is 4.57 Å². The maximum Gasteiger partial charge on any atom is 0.338 e. The highest BCUT2D eigenvalue weighted by atomic mass is 16.5. The third-order valence-electron chi connectivity index (χ3n) is 4.48. The van der Waals surface area contributed by atoms with Gasteiger partial charge < -0.3 is 18.5 Å². The Hall–Kier alpha value is -3.28. The molecule has 0 saturated carbocycles. The lowest BCUT2D eigenvalue weighted by atomic mass is 10.1. The Morgan fingerprint density at radius 3 is 2.64 bits per heavy atom. The molecule has 6 heteroatoms. The second-order valence-electron chi connectivity index (χ2n) is 6.41. The summed E-state index contributed by atoms with van der Waals surface area (Å²) in [5.74, 6) is 0.734. The van der Waals surface area contributed by atoms with Gasteiger partial charge >= 0.3 is 5.97 Å². The van der Waals surface area contributed by atoms with Crippen molar-refractivity contribution in [3.63, 3.8) is 0 Å². The number of Topliss-reactive ketones (excluding diaryl/α,β-unsaturated/α-hetero) is 1. The highest BCUT2D eigenvalue weighted by Crippen LogP contribution is 2.19. The maximum absolute atomic E-state index is 12.7. The number of ketones is 1. The predicted molar refractivity (Wildman–Crippen MR) is 104 cm³/mol. The smallest absolute Gasteiger partial charge is 0.338 e. The number of hydrogen-bond acceptors (Lipinski definition) is 5. The average molecular weight is 381 g/mol. The molecule has 3 aromatic rings. The molecule has 0 aliphatic rings. The summed E-state index contributed by atoms with van der Waals surface area (Å²) < 4.78 is 18.0. The minimum Gasteiger partial charge on any atom is -0.485 e. The molecule has 0 unspecified atom stereocenters. The average Bonchev–Trinajstić information content (AvgIpc) is 3.30. The fourth-order valence-corrected chi connectivity index (χ4v) is 3.04. The van der Waals surface area contributed by atoms with Gasteiger partial charge in [0.2, 0.25) is 5.78 Å². The molecule has 1 aromatic carbocycles. The number of carbonyl (C=O) groups is 2. The molecule has 3 rings (SSSR count). The van der Waals surface area contributed by atoms with Gasteiger partial charge in [-0.05, 0) is 57.2 Å². The van der Waals surface area contributed by atoms with Crippen molar-refractivity contribution in [2.45, 2.75) is 27.3 Å². The summed E-state index contributed by atoms with van der Waals surface area (Å²) in [7, 11) is 0. The van der Waals surface area contributed by atoms with E-state index in [0.717, 1.165) is 17.1 Å². The zero-order chi connectivity index (χ0) is 20.1. The largest absolute Gasteiger partial charge is 0.485 e. The number of aryl methyl sites for hydroxylation is 1. The lowest BCUT2D eigenvalue weighted by Gasteiger charge is -2.09. The highest BCUT2D eigenvalue weighted by molar-refractivity contribution is 5.98. The van der Waals surface area contributed by atoms with Gasteiger partial charge in [0.05, 0.1) is 25.0 Å². The van der Waals surface area contributed by atoms with Gasteiger partial charge in [0.15, 0.2) is 6.61 Å². The standard InChI is InChI=1S/C22H23NO5/c1-4-26-22(25)17-7-5-8-18(12-17)28-14-21(24)20-11-15(2)23(16(20)3)13-19-9-6-10-27-19/h5-12H,4,13-14H2,1-3H3. The Morgan fingerprint density at radius 1 is 1.11 bits per heavy atom. The van der Waals surface area contributed by atoms with Crippen LogP contribution in [0.4, 0.5) is 0 Å². The van der Waals surface area contributed by atoms with Gasteiger partial charge in [-0.3, -0.25) is 4.79 Å². The van der Waals surface area contributed by atoms with Crippen LogP contribution in [0, 0.1) is 13.8 Å². The van der Waals surface area contributed by atoms with Crippen LogP contribution in [0.5, 0.6) is 5.75 Å². The zero-order valence-corrected chi connectivity index (χ0v) is 16.2. The van der Waals surface area contributed by atoms with Gasteiger partial charge in [0, 0.05) is 17.0 Å². The Labute approximate surface area is 163 Å². The van der Waals surface area contributed by atoms with Crippen LogP contribution in [-0.2, 0) is 11.3 Å². The van der Waals surface area contributed by atoms with Gasteiger partial charge in [-0.15, -0.1) is 0 Å². The van der Waals surface area contributed by atoms with E-state index in [-0.39, 0.29) is 12.4 Å². The van der Waals surface area contributed by atoms with E-state index in [0.29, 0.717) is 30.0 Å². The SMILES string of the molecule is CCOC(=O)c1cccc(OCC(=O)c2cc(C)n(Cc3ccco3)c2C)c1. The van der Waals surface area contributed by atoms with Gasteiger partial charge in [0.25, 0.3) is 0 Å². The molecule has 28 heavy (non-hydrogen) atoms. The number of hydrogen-bond donors (Lipinski definition) is 0. The molecule has 6 nitrogen and oxygen atoms in total. The lowest BCUT2D eigenvalue weighted by molar-refractivity contribution is 0.0526. The van der Waals surface area contributed by atoms with Crippen LogP contribution in [0.3, 0.4) is 0 Å². The van der Waals surface area contributed by atoms with Crippen molar-refractivity contribution in [2.75, 3.05) is 13.2 Å². The van der Waals surface area contributed by atoms with Crippen LogP contribution in [-0.4, -0.2) is 29.5 Å². The third-order valence-corrected chi connectivity index (χ3v) is 4.48. The van der Waals surface area contributed by atoms with E-state index in [9.17, 15) is 9.59 Å². The molecule has 2 heterocycles. The number of esters is 1. The van der Waals surface area contributed by atoms with Crippen molar-refractivity contribution in [3.05, 3.63) is 77.0 Å². The number of ether oxygens (including phenoxy) is 2. The molecule has 0 atom stereocenters. The van der Waals surface area contributed by atoms with Gasteiger partial charge in [-0.25, -0.2) is 4.79 Å². The van der Waals surface area contributed by atoms with E-state index in [1.807, 2.05) is 36.6 Å². The zero-order valence-electron chi connectivity index (χ0n) is 16.2. The first-order valence-corrected chi connectivity index (χ1v) is 9.12. The van der Waals surface area contributed by atoms with E-state index in [1.165, 1.54) is 0 Å². The number of rotatable bonds is 8. The number of furan rings is 1. The monoisotopic (exact) mass is 381 g/mol. The van der Waals surface area contributed by atoms with Crippen molar-refractivity contribution < 1.29 is 23.5 Å². The Bertz CT molecular complexity index is 969. The van der Waals surface area contributed by atoms with E-state index in [4.69, 9.17) is 13.9 Å². The molecule has 0 aliphatic heterocycles. The third kappa shape index (κ3) is 4.34. The minimum atomic E-state index is -0.416. The van der Waals surface area contributed by atoms with Gasteiger partial charge in [-0.2, -0.15) is 0 Å². The van der Waals surface area contributed by atoms with Crippen LogP contribution < -0.4 is 4.74 Å². The quantitative estimate of drug-likeness (QED) is 0.432. The van der Waals surface area contributed by atoms with E-state index in [2.05, 4.69) is 0 Å². The Kier molecular flexibility index (Phi) is 5.99. The molecule has 0 saturated heterocycles. The first-order chi connectivity index (χ1) is 13.5. The highest BCUT2D eigenvalue weighted by Gasteiger charge is 2.17. The summed E-state index contributed by atoms with van der Waals surface area (Å²) in [5, 5.41) is 0. The van der Waals surface area contributed by atoms with Crippen LogP contribution in [0.1, 0.15) is 44.8 Å². The molecule has 0 amide bonds. The molecule has 0 spiro atoms. The summed E-state index contributed by atoms with van der Waals surface area (Å²) >= 11 is 0. The van der Waals surface area contributed by atoms with Crippen molar-refractivity contribution >= 4 is 11.8 Å². The molecule has 0 bridgehead atoms. The summed E-state index contributed by atoms with van der Waals surface area (Å²) in [5.41, 5.74) is 2.85. The number of carbonyl (C=O) groups excluding carboxylic acids is 2. The second kappa shape index (κ2) is 8.61. The normalized spacial score (nSPS) is 10.7. The number of benzene rings is 1. The summed E-state index contributed by atoms with van der Waals surface area (Å²) in [6.07, 6.45) is 1.63. The molecule has 0 N–H and O–H groups in total. The summed E-state index contributed by atoms with van der Waals surface area (Å²) in [6.45, 7) is 6.37. The van der Waals surface area contributed by atoms with E-state index in [1.54, 1.807) is 37.5 Å².